The van der Waals surface area contributed by atoms with E-state index < -0.39 is 0 Å². The lowest BCUT2D eigenvalue weighted by molar-refractivity contribution is 0.329. The molecule has 2 nitrogen and oxygen atoms in total. The van der Waals surface area contributed by atoms with E-state index in [4.69, 9.17) is 4.74 Å². The standard InChI is InChI=1S/C15H24BrNO/c1-5-8-17-11-15(2,3)10-12-9-13(16)6-7-14(12)18-4/h6-7,9,17H,5,8,10-11H2,1-4H3. The average Bonchev–Trinajstić information content (AvgIpc) is 2.29. The van der Waals surface area contributed by atoms with Crippen molar-refractivity contribution in [3.8, 4) is 5.75 Å². The molecule has 1 rings (SSSR count). The molecule has 0 fully saturated rings. The van der Waals surface area contributed by atoms with Crippen LogP contribution in [0.5, 0.6) is 5.75 Å². The lowest BCUT2D eigenvalue weighted by Gasteiger charge is -2.26. The Morgan fingerprint density at radius 2 is 2.06 bits per heavy atom. The van der Waals surface area contributed by atoms with Crippen LogP contribution in [-0.2, 0) is 6.42 Å². The molecule has 1 aromatic carbocycles. The number of rotatable bonds is 7. The minimum atomic E-state index is 0.225. The largest absolute Gasteiger partial charge is 0.496 e. The summed E-state index contributed by atoms with van der Waals surface area (Å²) in [4.78, 5) is 0. The van der Waals surface area contributed by atoms with Crippen molar-refractivity contribution in [2.24, 2.45) is 5.41 Å². The minimum Gasteiger partial charge on any atom is -0.496 e. The maximum Gasteiger partial charge on any atom is 0.122 e. The van der Waals surface area contributed by atoms with E-state index >= 15 is 0 Å². The number of benzene rings is 1. The summed E-state index contributed by atoms with van der Waals surface area (Å²) in [6.07, 6.45) is 2.18. The Morgan fingerprint density at radius 1 is 1.33 bits per heavy atom. The summed E-state index contributed by atoms with van der Waals surface area (Å²) in [6.45, 7) is 8.87. The van der Waals surface area contributed by atoms with Crippen LogP contribution in [0.25, 0.3) is 0 Å². The van der Waals surface area contributed by atoms with Crippen LogP contribution in [0, 0.1) is 5.41 Å². The Hall–Kier alpha value is -0.540. The van der Waals surface area contributed by atoms with Gasteiger partial charge in [-0.2, -0.15) is 0 Å². The number of nitrogens with one attached hydrogen (secondary N) is 1. The highest BCUT2D eigenvalue weighted by molar-refractivity contribution is 9.10. The van der Waals surface area contributed by atoms with Crippen molar-refractivity contribution < 1.29 is 4.74 Å². The van der Waals surface area contributed by atoms with E-state index in [0.717, 1.165) is 29.7 Å². The van der Waals surface area contributed by atoms with E-state index in [0.29, 0.717) is 0 Å². The number of methoxy groups -OCH3 is 1. The zero-order chi connectivity index (χ0) is 13.6. The van der Waals surface area contributed by atoms with Gasteiger partial charge in [0.05, 0.1) is 7.11 Å². The predicted molar refractivity (Wildman–Crippen MR) is 81.3 cm³/mol. The van der Waals surface area contributed by atoms with Crippen molar-refractivity contribution in [3.05, 3.63) is 28.2 Å². The molecule has 0 aliphatic carbocycles. The molecule has 0 amide bonds. The summed E-state index contributed by atoms with van der Waals surface area (Å²) in [6, 6.07) is 6.19. The minimum absolute atomic E-state index is 0.225. The number of halogens is 1. The third kappa shape index (κ3) is 4.99. The fourth-order valence-electron chi connectivity index (χ4n) is 2.07. The Labute approximate surface area is 119 Å². The third-order valence-electron chi connectivity index (χ3n) is 2.94. The predicted octanol–water partition coefficient (Wildman–Crippen LogP) is 4.03. The molecule has 0 bridgehead atoms. The van der Waals surface area contributed by atoms with Crippen molar-refractivity contribution in [3.63, 3.8) is 0 Å². The molecular weight excluding hydrogens is 290 g/mol. The molecule has 0 aromatic heterocycles. The molecule has 0 saturated heterocycles. The molecule has 0 aliphatic heterocycles. The summed E-state index contributed by atoms with van der Waals surface area (Å²) < 4.78 is 6.54. The molecule has 1 aromatic rings. The molecule has 0 aliphatic rings. The summed E-state index contributed by atoms with van der Waals surface area (Å²) in [5.41, 5.74) is 1.48. The fraction of sp³-hybridized carbons (Fsp3) is 0.600. The van der Waals surface area contributed by atoms with Crippen LogP contribution in [0.1, 0.15) is 32.8 Å². The van der Waals surface area contributed by atoms with Crippen molar-refractivity contribution in [1.82, 2.24) is 5.32 Å². The Morgan fingerprint density at radius 3 is 2.67 bits per heavy atom. The molecule has 102 valence electrons. The molecule has 0 unspecified atom stereocenters. The average molecular weight is 314 g/mol. The van der Waals surface area contributed by atoms with Gasteiger partial charge in [0.1, 0.15) is 5.75 Å². The smallest absolute Gasteiger partial charge is 0.122 e. The van der Waals surface area contributed by atoms with Gasteiger partial charge in [-0.25, -0.2) is 0 Å². The lowest BCUT2D eigenvalue weighted by atomic mass is 9.85. The highest BCUT2D eigenvalue weighted by atomic mass is 79.9. The molecular formula is C15H24BrNO. The molecule has 0 radical (unpaired) electrons. The van der Waals surface area contributed by atoms with Gasteiger partial charge in [-0.05, 0) is 48.6 Å². The highest BCUT2D eigenvalue weighted by Crippen LogP contribution is 2.29. The monoisotopic (exact) mass is 313 g/mol. The van der Waals surface area contributed by atoms with Crippen molar-refractivity contribution in [2.75, 3.05) is 20.2 Å². The number of hydrogen-bond acceptors (Lipinski definition) is 2. The fourth-order valence-corrected chi connectivity index (χ4v) is 2.48. The normalized spacial score (nSPS) is 11.6. The van der Waals surface area contributed by atoms with E-state index in [1.54, 1.807) is 7.11 Å². The zero-order valence-electron chi connectivity index (χ0n) is 11.8. The van der Waals surface area contributed by atoms with Crippen molar-refractivity contribution in [1.29, 1.82) is 0 Å². The van der Waals surface area contributed by atoms with Crippen LogP contribution in [0.3, 0.4) is 0 Å². The third-order valence-corrected chi connectivity index (χ3v) is 3.44. The topological polar surface area (TPSA) is 21.3 Å². The van der Waals surface area contributed by atoms with Crippen LogP contribution in [0.2, 0.25) is 0 Å². The van der Waals surface area contributed by atoms with Crippen LogP contribution in [0.4, 0.5) is 0 Å². The quantitative estimate of drug-likeness (QED) is 0.767. The first-order valence-electron chi connectivity index (χ1n) is 6.51. The molecule has 0 heterocycles. The Balaban J connectivity index is 2.72. The molecule has 0 atom stereocenters. The van der Waals surface area contributed by atoms with Crippen LogP contribution in [0.15, 0.2) is 22.7 Å². The van der Waals surface area contributed by atoms with Crippen LogP contribution in [-0.4, -0.2) is 20.2 Å². The second kappa shape index (κ2) is 7.15. The van der Waals surface area contributed by atoms with Crippen molar-refractivity contribution in [2.45, 2.75) is 33.6 Å². The summed E-state index contributed by atoms with van der Waals surface area (Å²) >= 11 is 3.53. The molecule has 18 heavy (non-hydrogen) atoms. The Bertz CT molecular complexity index is 377. The van der Waals surface area contributed by atoms with E-state index in [-0.39, 0.29) is 5.41 Å². The maximum atomic E-state index is 5.43. The second-order valence-corrected chi connectivity index (χ2v) is 6.39. The van der Waals surface area contributed by atoms with Gasteiger partial charge >= 0.3 is 0 Å². The van der Waals surface area contributed by atoms with E-state index in [9.17, 15) is 0 Å². The first-order valence-corrected chi connectivity index (χ1v) is 7.31. The first-order chi connectivity index (χ1) is 8.48. The molecule has 0 saturated carbocycles. The molecule has 0 spiro atoms. The molecule has 1 N–H and O–H groups in total. The Kier molecular flexibility index (Phi) is 6.16. The zero-order valence-corrected chi connectivity index (χ0v) is 13.4. The van der Waals surface area contributed by atoms with E-state index in [1.165, 1.54) is 12.0 Å². The number of hydrogen-bond donors (Lipinski definition) is 1. The van der Waals surface area contributed by atoms with Gasteiger partial charge in [-0.15, -0.1) is 0 Å². The maximum absolute atomic E-state index is 5.43. The summed E-state index contributed by atoms with van der Waals surface area (Å²) in [5.74, 6) is 0.974. The van der Waals surface area contributed by atoms with Gasteiger partial charge < -0.3 is 10.1 Å². The van der Waals surface area contributed by atoms with Crippen LogP contribution < -0.4 is 10.1 Å². The summed E-state index contributed by atoms with van der Waals surface area (Å²) in [5, 5.41) is 3.50. The van der Waals surface area contributed by atoms with Gasteiger partial charge in [0.2, 0.25) is 0 Å². The van der Waals surface area contributed by atoms with Gasteiger partial charge in [0.25, 0.3) is 0 Å². The number of ether oxygens (including phenoxy) is 1. The summed E-state index contributed by atoms with van der Waals surface area (Å²) in [7, 11) is 1.73. The van der Waals surface area contributed by atoms with E-state index in [2.05, 4.69) is 48.1 Å². The van der Waals surface area contributed by atoms with Gasteiger partial charge in [-0.1, -0.05) is 36.7 Å². The first kappa shape index (κ1) is 15.5. The lowest BCUT2D eigenvalue weighted by Crippen LogP contribution is -2.31. The second-order valence-electron chi connectivity index (χ2n) is 5.47. The van der Waals surface area contributed by atoms with Gasteiger partial charge in [0.15, 0.2) is 0 Å². The van der Waals surface area contributed by atoms with Gasteiger partial charge in [-0.3, -0.25) is 0 Å². The SMILES string of the molecule is CCCNCC(C)(C)Cc1cc(Br)ccc1OC. The van der Waals surface area contributed by atoms with Gasteiger partial charge in [0, 0.05) is 11.0 Å². The highest BCUT2D eigenvalue weighted by Gasteiger charge is 2.20. The van der Waals surface area contributed by atoms with Crippen LogP contribution >= 0.6 is 15.9 Å². The van der Waals surface area contributed by atoms with E-state index in [1.807, 2.05) is 12.1 Å². The van der Waals surface area contributed by atoms with Crippen molar-refractivity contribution >= 4 is 15.9 Å². The molecule has 3 heteroatoms.